The maximum Gasteiger partial charge on any atom is 0.309 e. The van der Waals surface area contributed by atoms with Crippen molar-refractivity contribution >= 4 is 11.6 Å². The van der Waals surface area contributed by atoms with E-state index in [1.54, 1.807) is 7.05 Å². The Hall–Kier alpha value is -1.72. The SMILES string of the molecule is CNc1ncc([N+](=O)[O-])c(C(C)C)n1. The molecule has 0 unspecified atom stereocenters. The summed E-state index contributed by atoms with van der Waals surface area (Å²) in [6, 6.07) is 0. The summed E-state index contributed by atoms with van der Waals surface area (Å²) in [6.45, 7) is 3.71. The lowest BCUT2D eigenvalue weighted by Gasteiger charge is -2.06. The van der Waals surface area contributed by atoms with Crippen LogP contribution in [0.5, 0.6) is 0 Å². The highest BCUT2D eigenvalue weighted by Crippen LogP contribution is 2.23. The van der Waals surface area contributed by atoms with E-state index >= 15 is 0 Å². The number of aromatic nitrogens is 2. The fraction of sp³-hybridized carbons (Fsp3) is 0.500. The van der Waals surface area contributed by atoms with E-state index in [0.29, 0.717) is 11.6 Å². The standard InChI is InChI=1S/C8H12N4O2/c1-5(2)7-6(12(13)14)4-10-8(9-3)11-7/h4-5H,1-3H3,(H,9,10,11). The number of hydrogen-bond acceptors (Lipinski definition) is 5. The summed E-state index contributed by atoms with van der Waals surface area (Å²) < 4.78 is 0. The monoisotopic (exact) mass is 196 g/mol. The molecule has 6 heteroatoms. The minimum Gasteiger partial charge on any atom is -0.357 e. The van der Waals surface area contributed by atoms with Crippen molar-refractivity contribution in [2.75, 3.05) is 12.4 Å². The third-order valence-corrected chi connectivity index (χ3v) is 1.77. The normalized spacial score (nSPS) is 10.3. The van der Waals surface area contributed by atoms with Crippen LogP contribution in [0.3, 0.4) is 0 Å². The van der Waals surface area contributed by atoms with Gasteiger partial charge in [-0.15, -0.1) is 0 Å². The number of nitrogens with one attached hydrogen (secondary N) is 1. The van der Waals surface area contributed by atoms with Gasteiger partial charge in [-0.05, 0) is 0 Å². The molecule has 1 aromatic rings. The van der Waals surface area contributed by atoms with Crippen LogP contribution in [0.2, 0.25) is 0 Å². The molecule has 0 aliphatic heterocycles. The van der Waals surface area contributed by atoms with Gasteiger partial charge in [0.05, 0.1) is 4.92 Å². The van der Waals surface area contributed by atoms with Crippen LogP contribution in [-0.2, 0) is 0 Å². The van der Waals surface area contributed by atoms with Gasteiger partial charge >= 0.3 is 5.69 Å². The molecule has 0 amide bonds. The fourth-order valence-electron chi connectivity index (χ4n) is 1.07. The zero-order valence-corrected chi connectivity index (χ0v) is 8.31. The van der Waals surface area contributed by atoms with Crippen LogP contribution in [0.25, 0.3) is 0 Å². The van der Waals surface area contributed by atoms with Gasteiger partial charge in [-0.25, -0.2) is 9.97 Å². The molecule has 1 N–H and O–H groups in total. The average molecular weight is 196 g/mol. The van der Waals surface area contributed by atoms with Gasteiger partial charge in [0.2, 0.25) is 5.95 Å². The molecule has 0 bridgehead atoms. The minimum atomic E-state index is -0.464. The predicted octanol–water partition coefficient (Wildman–Crippen LogP) is 1.55. The maximum absolute atomic E-state index is 10.6. The lowest BCUT2D eigenvalue weighted by atomic mass is 10.1. The molecule has 0 atom stereocenters. The van der Waals surface area contributed by atoms with Crippen molar-refractivity contribution < 1.29 is 4.92 Å². The minimum absolute atomic E-state index is 0.00509. The second kappa shape index (κ2) is 3.99. The van der Waals surface area contributed by atoms with Gasteiger partial charge < -0.3 is 5.32 Å². The van der Waals surface area contributed by atoms with Crippen LogP contribution in [0.15, 0.2) is 6.20 Å². The third kappa shape index (κ3) is 1.95. The molecule has 0 fully saturated rings. The molecule has 0 aromatic carbocycles. The van der Waals surface area contributed by atoms with Crippen molar-refractivity contribution in [3.63, 3.8) is 0 Å². The molecule has 1 rings (SSSR count). The first-order valence-corrected chi connectivity index (χ1v) is 4.25. The van der Waals surface area contributed by atoms with Gasteiger partial charge in [-0.2, -0.15) is 0 Å². The molecule has 1 heterocycles. The largest absolute Gasteiger partial charge is 0.357 e. The zero-order valence-electron chi connectivity index (χ0n) is 8.31. The number of nitro groups is 1. The van der Waals surface area contributed by atoms with Crippen molar-refractivity contribution in [1.82, 2.24) is 9.97 Å². The van der Waals surface area contributed by atoms with Gasteiger partial charge in [-0.1, -0.05) is 13.8 Å². The summed E-state index contributed by atoms with van der Waals surface area (Å²) in [5.41, 5.74) is 0.424. The van der Waals surface area contributed by atoms with Gasteiger partial charge in [0, 0.05) is 13.0 Å². The van der Waals surface area contributed by atoms with E-state index in [-0.39, 0.29) is 11.6 Å². The molecular formula is C8H12N4O2. The van der Waals surface area contributed by atoms with E-state index in [9.17, 15) is 10.1 Å². The Morgan fingerprint density at radius 3 is 2.64 bits per heavy atom. The molecule has 0 radical (unpaired) electrons. The maximum atomic E-state index is 10.6. The van der Waals surface area contributed by atoms with Crippen molar-refractivity contribution in [3.8, 4) is 0 Å². The first kappa shape index (κ1) is 10.4. The molecule has 0 saturated carbocycles. The lowest BCUT2D eigenvalue weighted by Crippen LogP contribution is -2.05. The average Bonchev–Trinajstić information content (AvgIpc) is 2.16. The third-order valence-electron chi connectivity index (χ3n) is 1.77. The van der Waals surface area contributed by atoms with Crippen molar-refractivity contribution in [1.29, 1.82) is 0 Å². The molecule has 0 saturated heterocycles. The summed E-state index contributed by atoms with van der Waals surface area (Å²) in [5, 5.41) is 13.4. The van der Waals surface area contributed by atoms with E-state index in [2.05, 4.69) is 15.3 Å². The number of rotatable bonds is 3. The molecule has 0 spiro atoms. The molecule has 6 nitrogen and oxygen atoms in total. The Bertz CT molecular complexity index is 351. The van der Waals surface area contributed by atoms with Crippen LogP contribution in [-0.4, -0.2) is 21.9 Å². The number of anilines is 1. The Labute approximate surface area is 81.5 Å². The Morgan fingerprint density at radius 1 is 1.57 bits per heavy atom. The number of hydrogen-bond donors (Lipinski definition) is 1. The predicted molar refractivity (Wildman–Crippen MR) is 52.3 cm³/mol. The molecule has 14 heavy (non-hydrogen) atoms. The van der Waals surface area contributed by atoms with E-state index in [1.165, 1.54) is 6.20 Å². The van der Waals surface area contributed by atoms with Crippen LogP contribution in [0, 0.1) is 10.1 Å². The van der Waals surface area contributed by atoms with Crippen LogP contribution in [0.1, 0.15) is 25.5 Å². The Kier molecular flexibility index (Phi) is 2.95. The van der Waals surface area contributed by atoms with Crippen molar-refractivity contribution in [2.24, 2.45) is 0 Å². The van der Waals surface area contributed by atoms with Crippen molar-refractivity contribution in [3.05, 3.63) is 22.0 Å². The fourth-order valence-corrected chi connectivity index (χ4v) is 1.07. The molecule has 1 aromatic heterocycles. The first-order chi connectivity index (χ1) is 6.56. The number of nitrogens with zero attached hydrogens (tertiary/aromatic N) is 3. The quantitative estimate of drug-likeness (QED) is 0.586. The van der Waals surface area contributed by atoms with Gasteiger partial charge in [0.1, 0.15) is 11.9 Å². The van der Waals surface area contributed by atoms with Crippen LogP contribution in [0.4, 0.5) is 11.6 Å². The first-order valence-electron chi connectivity index (χ1n) is 4.25. The summed E-state index contributed by atoms with van der Waals surface area (Å²) in [6.07, 6.45) is 1.23. The van der Waals surface area contributed by atoms with E-state index in [1.807, 2.05) is 13.8 Å². The van der Waals surface area contributed by atoms with Gasteiger partial charge in [0.25, 0.3) is 0 Å². The van der Waals surface area contributed by atoms with Gasteiger partial charge in [0.15, 0.2) is 0 Å². The molecule has 76 valence electrons. The highest BCUT2D eigenvalue weighted by atomic mass is 16.6. The second-order valence-electron chi connectivity index (χ2n) is 3.13. The summed E-state index contributed by atoms with van der Waals surface area (Å²) in [7, 11) is 1.67. The topological polar surface area (TPSA) is 81.0 Å². The van der Waals surface area contributed by atoms with E-state index in [0.717, 1.165) is 0 Å². The Balaban J connectivity index is 3.24. The molecule has 0 aliphatic carbocycles. The Morgan fingerprint density at radius 2 is 2.21 bits per heavy atom. The second-order valence-corrected chi connectivity index (χ2v) is 3.13. The van der Waals surface area contributed by atoms with Crippen LogP contribution >= 0.6 is 0 Å². The van der Waals surface area contributed by atoms with E-state index in [4.69, 9.17) is 0 Å². The summed E-state index contributed by atoms with van der Waals surface area (Å²) in [4.78, 5) is 18.0. The van der Waals surface area contributed by atoms with Crippen molar-refractivity contribution in [2.45, 2.75) is 19.8 Å². The highest BCUT2D eigenvalue weighted by molar-refractivity contribution is 5.39. The summed E-state index contributed by atoms with van der Waals surface area (Å²) >= 11 is 0. The van der Waals surface area contributed by atoms with Crippen LogP contribution < -0.4 is 5.32 Å². The van der Waals surface area contributed by atoms with E-state index < -0.39 is 4.92 Å². The smallest absolute Gasteiger partial charge is 0.309 e. The summed E-state index contributed by atoms with van der Waals surface area (Å²) in [5.74, 6) is 0.407. The van der Waals surface area contributed by atoms with Gasteiger partial charge in [-0.3, -0.25) is 10.1 Å². The molecule has 0 aliphatic rings. The zero-order chi connectivity index (χ0) is 10.7. The highest BCUT2D eigenvalue weighted by Gasteiger charge is 2.19. The lowest BCUT2D eigenvalue weighted by molar-refractivity contribution is -0.386. The molecular weight excluding hydrogens is 184 g/mol.